The second kappa shape index (κ2) is 3.52. The van der Waals surface area contributed by atoms with Crippen molar-refractivity contribution < 1.29 is 29.6 Å². The van der Waals surface area contributed by atoms with Crippen molar-refractivity contribution in [3.05, 3.63) is 0 Å². The number of hydrogen-bond donors (Lipinski definition) is 0. The molecule has 0 aromatic carbocycles. The zero-order valence-electron chi connectivity index (χ0n) is 5.58. The summed E-state index contributed by atoms with van der Waals surface area (Å²) in [6, 6.07) is 0. The molecule has 0 aliphatic heterocycles. The van der Waals surface area contributed by atoms with Crippen molar-refractivity contribution in [3.63, 3.8) is 0 Å². The Bertz CT molecular complexity index is 23.0. The van der Waals surface area contributed by atoms with E-state index in [1.54, 1.807) is 0 Å². The molecule has 0 fully saturated rings. The summed E-state index contributed by atoms with van der Waals surface area (Å²) >= 11 is -0.833. The monoisotopic (exact) mass is 110 g/mol. The molecule has 0 rings (SSSR count). The zero-order chi connectivity index (χ0) is 4.50. The fourth-order valence-corrected chi connectivity index (χ4v) is 0. The first-order valence-corrected chi connectivity index (χ1v) is 6.93. The topological polar surface area (TPSA) is 0 Å². The van der Waals surface area contributed by atoms with Crippen molar-refractivity contribution in [2.24, 2.45) is 0 Å². The van der Waals surface area contributed by atoms with E-state index in [-0.39, 0.29) is 29.6 Å². The molecule has 0 aliphatic rings. The van der Waals surface area contributed by atoms with Crippen LogP contribution in [0.2, 0.25) is 23.1 Å². The Balaban J connectivity index is 0. The van der Waals surface area contributed by atoms with Crippen LogP contribution in [0, 0.1) is 0 Å². The molecule has 0 spiro atoms. The molecule has 0 N–H and O–H groups in total. The fraction of sp³-hybridized carbons (Fsp3) is 1.00. The minimum absolute atomic E-state index is 0. The summed E-state index contributed by atoms with van der Waals surface area (Å²) in [6.07, 6.45) is 0. The Labute approximate surface area is 65.3 Å². The largest absolute Gasteiger partial charge is 1.00 e. The smallest absolute Gasteiger partial charge is 0.204 e. The fourth-order valence-electron chi connectivity index (χ4n) is 0. The van der Waals surface area contributed by atoms with Crippen molar-refractivity contribution in [3.8, 4) is 0 Å². The minimum atomic E-state index is -0.833. The van der Waals surface area contributed by atoms with Crippen LogP contribution in [0.15, 0.2) is 0 Å². The summed E-state index contributed by atoms with van der Waals surface area (Å²) in [5, 5.41) is 0. The van der Waals surface area contributed by atoms with E-state index in [1.807, 2.05) is 0 Å². The van der Waals surface area contributed by atoms with Crippen LogP contribution in [0.1, 0.15) is 0 Å². The normalized spacial score (nSPS) is 10.0. The van der Waals surface area contributed by atoms with Gasteiger partial charge in [-0.1, -0.05) is 0 Å². The Morgan fingerprint density at radius 1 is 0.833 bits per heavy atom. The van der Waals surface area contributed by atoms with Gasteiger partial charge in [0.25, 0.3) is 0 Å². The first-order valence-electron chi connectivity index (χ1n) is 2.31. The summed E-state index contributed by atoms with van der Waals surface area (Å²) < 4.78 is 0. The molecule has 0 unspecified atom stereocenters. The molecular formula is C4H12AlNa. The molecule has 0 bridgehead atoms. The molecule has 0 radical (unpaired) electrons. The molecule has 2 heteroatoms. The van der Waals surface area contributed by atoms with E-state index in [4.69, 9.17) is 0 Å². The van der Waals surface area contributed by atoms with Gasteiger partial charge in [-0.25, -0.2) is 23.1 Å². The summed E-state index contributed by atoms with van der Waals surface area (Å²) in [4.78, 5) is 0. The zero-order valence-corrected chi connectivity index (χ0v) is 8.73. The molecule has 0 atom stereocenters. The van der Waals surface area contributed by atoms with Gasteiger partial charge in [-0.15, -0.1) is 0 Å². The third-order valence-electron chi connectivity index (χ3n) is 0. The molecular weight excluding hydrogens is 98.0 g/mol. The van der Waals surface area contributed by atoms with Gasteiger partial charge >= 0.3 is 29.6 Å². The van der Waals surface area contributed by atoms with Gasteiger partial charge in [0, 0.05) is 0 Å². The molecule has 0 saturated heterocycles. The van der Waals surface area contributed by atoms with Crippen LogP contribution in [0.3, 0.4) is 0 Å². The Morgan fingerprint density at radius 2 is 0.833 bits per heavy atom. The van der Waals surface area contributed by atoms with Crippen LogP contribution in [0.5, 0.6) is 0 Å². The van der Waals surface area contributed by atoms with E-state index in [0.29, 0.717) is 0 Å². The molecule has 0 amide bonds. The first kappa shape index (κ1) is 10.5. The van der Waals surface area contributed by atoms with Crippen molar-refractivity contribution in [2.45, 2.75) is 23.1 Å². The van der Waals surface area contributed by atoms with Crippen LogP contribution < -0.4 is 29.6 Å². The Morgan fingerprint density at radius 3 is 0.833 bits per heavy atom. The van der Waals surface area contributed by atoms with Crippen molar-refractivity contribution in [2.75, 3.05) is 0 Å². The van der Waals surface area contributed by atoms with E-state index in [2.05, 4.69) is 23.1 Å². The van der Waals surface area contributed by atoms with Crippen LogP contribution in [0.25, 0.3) is 0 Å². The van der Waals surface area contributed by atoms with Gasteiger partial charge < -0.3 is 0 Å². The van der Waals surface area contributed by atoms with Gasteiger partial charge in [0.2, 0.25) is 0 Å². The molecule has 6 heavy (non-hydrogen) atoms. The van der Waals surface area contributed by atoms with Crippen LogP contribution in [0.4, 0.5) is 0 Å². The van der Waals surface area contributed by atoms with Crippen LogP contribution >= 0.6 is 0 Å². The van der Waals surface area contributed by atoms with E-state index in [1.165, 1.54) is 0 Å². The van der Waals surface area contributed by atoms with Crippen LogP contribution in [-0.2, 0) is 0 Å². The van der Waals surface area contributed by atoms with E-state index < -0.39 is 13.1 Å². The quantitative estimate of drug-likeness (QED) is 0.349. The van der Waals surface area contributed by atoms with Crippen LogP contribution in [-0.4, -0.2) is 13.1 Å². The predicted octanol–water partition coefficient (Wildman–Crippen LogP) is -1.04. The molecule has 0 aromatic rings. The summed E-state index contributed by atoms with van der Waals surface area (Å²) in [5.74, 6) is 9.42. The molecule has 32 valence electrons. The second-order valence-corrected chi connectivity index (χ2v) is 10.4. The average molecular weight is 110 g/mol. The van der Waals surface area contributed by atoms with Crippen molar-refractivity contribution >= 4 is 13.1 Å². The average Bonchev–Trinajstić information content (AvgIpc) is 0.722. The molecule has 0 heterocycles. The van der Waals surface area contributed by atoms with E-state index in [0.717, 1.165) is 0 Å². The third-order valence-corrected chi connectivity index (χ3v) is 0. The van der Waals surface area contributed by atoms with Gasteiger partial charge in [-0.2, -0.15) is 0 Å². The van der Waals surface area contributed by atoms with Crippen molar-refractivity contribution in [1.82, 2.24) is 0 Å². The van der Waals surface area contributed by atoms with Gasteiger partial charge in [0.15, 0.2) is 0 Å². The van der Waals surface area contributed by atoms with E-state index in [9.17, 15) is 0 Å². The maximum absolute atomic E-state index is 2.35. The van der Waals surface area contributed by atoms with Gasteiger partial charge in [0.1, 0.15) is 13.1 Å². The van der Waals surface area contributed by atoms with E-state index >= 15 is 0 Å². The summed E-state index contributed by atoms with van der Waals surface area (Å²) in [5.41, 5.74) is 0. The molecule has 0 aromatic heterocycles. The number of rotatable bonds is 0. The second-order valence-electron chi connectivity index (χ2n) is 3.46. The maximum atomic E-state index is 2.35. The third kappa shape index (κ3) is 48.4. The standard InChI is InChI=1S/4CH3.Al.Na/h4*1H3;;/q;;;;-1;+1. The van der Waals surface area contributed by atoms with Gasteiger partial charge in [-0.05, 0) is 0 Å². The van der Waals surface area contributed by atoms with Gasteiger partial charge in [-0.3, -0.25) is 0 Å². The first-order chi connectivity index (χ1) is 2.00. The predicted molar refractivity (Wildman–Crippen MR) is 29.2 cm³/mol. The van der Waals surface area contributed by atoms with Crippen molar-refractivity contribution in [1.29, 1.82) is 0 Å². The summed E-state index contributed by atoms with van der Waals surface area (Å²) in [7, 11) is 0. The minimum Gasteiger partial charge on any atom is -0.204 e. The summed E-state index contributed by atoms with van der Waals surface area (Å²) in [6.45, 7) is 0. The number of hydrogen-bond acceptors (Lipinski definition) is 0. The molecule has 0 saturated carbocycles. The molecule has 0 aliphatic carbocycles. The Kier molecular flexibility index (Phi) is 6.17. The Hall–Kier alpha value is 1.53. The van der Waals surface area contributed by atoms with Gasteiger partial charge in [0.05, 0.1) is 0 Å². The SMILES string of the molecule is [CH3][Al-]([CH3])([CH3])[CH3].[Na+]. The molecule has 0 nitrogen and oxygen atoms in total. The maximum Gasteiger partial charge on any atom is 1.00 e.